The molecule has 150 valence electrons. The Kier molecular flexibility index (Phi) is 5.63. The topological polar surface area (TPSA) is 81.3 Å². The van der Waals surface area contributed by atoms with E-state index >= 15 is 0 Å². The van der Waals surface area contributed by atoms with Gasteiger partial charge in [-0.05, 0) is 42.1 Å². The van der Waals surface area contributed by atoms with E-state index in [1.54, 1.807) is 4.57 Å². The number of benzene rings is 1. The van der Waals surface area contributed by atoms with Gasteiger partial charge in [0.25, 0.3) is 5.56 Å². The molecule has 10 heteroatoms. The molecule has 4 rings (SSSR count). The summed E-state index contributed by atoms with van der Waals surface area (Å²) >= 11 is 2.62. The number of hydrogen-bond acceptors (Lipinski definition) is 6. The van der Waals surface area contributed by atoms with Gasteiger partial charge in [-0.2, -0.15) is 0 Å². The lowest BCUT2D eigenvalue weighted by atomic mass is 10.3. The third-order valence-corrected chi connectivity index (χ3v) is 6.20. The number of carbonyl (C=O) groups excluding carboxylic acids is 1. The second-order valence-electron chi connectivity index (χ2n) is 6.41. The summed E-state index contributed by atoms with van der Waals surface area (Å²) in [6.07, 6.45) is 1.82. The zero-order chi connectivity index (χ0) is 20.4. The van der Waals surface area contributed by atoms with Crippen LogP contribution in [0.2, 0.25) is 0 Å². The van der Waals surface area contributed by atoms with Crippen LogP contribution in [0.1, 0.15) is 19.8 Å². The number of aryl methyl sites for hydroxylation is 1. The number of hydrogen-bond donors (Lipinski definition) is 1. The van der Waals surface area contributed by atoms with Crippen molar-refractivity contribution in [3.63, 3.8) is 0 Å². The van der Waals surface area contributed by atoms with E-state index in [-0.39, 0.29) is 23.0 Å². The summed E-state index contributed by atoms with van der Waals surface area (Å²) in [6.45, 7) is 2.64. The van der Waals surface area contributed by atoms with Crippen molar-refractivity contribution in [2.75, 3.05) is 11.1 Å². The van der Waals surface area contributed by atoms with Gasteiger partial charge in [0.1, 0.15) is 10.5 Å². The van der Waals surface area contributed by atoms with Crippen molar-refractivity contribution in [2.24, 2.45) is 0 Å². The van der Waals surface area contributed by atoms with Crippen LogP contribution in [0.15, 0.2) is 45.7 Å². The molecule has 1 aromatic carbocycles. The molecule has 0 fully saturated rings. The lowest BCUT2D eigenvalue weighted by molar-refractivity contribution is -0.113. The van der Waals surface area contributed by atoms with Crippen LogP contribution >= 0.6 is 23.1 Å². The lowest BCUT2D eigenvalue weighted by Gasteiger charge is -2.09. The molecule has 3 aromatic heterocycles. The molecule has 0 spiro atoms. The molecule has 1 amide bonds. The molecule has 0 radical (unpaired) electrons. The number of anilines is 1. The van der Waals surface area contributed by atoms with E-state index < -0.39 is 0 Å². The van der Waals surface area contributed by atoms with Crippen molar-refractivity contribution in [1.82, 2.24) is 19.2 Å². The average molecular weight is 432 g/mol. The first-order valence-corrected chi connectivity index (χ1v) is 11.0. The van der Waals surface area contributed by atoms with E-state index in [1.807, 2.05) is 15.8 Å². The van der Waals surface area contributed by atoms with Gasteiger partial charge in [0.15, 0.2) is 5.16 Å². The van der Waals surface area contributed by atoms with Gasteiger partial charge in [-0.1, -0.05) is 25.1 Å². The molecule has 0 aliphatic rings. The number of amides is 1. The molecular formula is C19H18FN5O2S2. The van der Waals surface area contributed by atoms with E-state index in [9.17, 15) is 14.0 Å². The number of thiophene rings is 1. The number of rotatable bonds is 7. The molecule has 0 saturated carbocycles. The molecule has 3 heterocycles. The number of thioether (sulfide) groups is 1. The number of aromatic nitrogens is 4. The van der Waals surface area contributed by atoms with Gasteiger partial charge >= 0.3 is 0 Å². The van der Waals surface area contributed by atoms with Crippen LogP contribution in [0.4, 0.5) is 10.1 Å². The fourth-order valence-electron chi connectivity index (χ4n) is 2.97. The molecular weight excluding hydrogens is 413 g/mol. The van der Waals surface area contributed by atoms with E-state index in [0.717, 1.165) is 18.4 Å². The van der Waals surface area contributed by atoms with Crippen LogP contribution in [0.5, 0.6) is 0 Å². The summed E-state index contributed by atoms with van der Waals surface area (Å²) < 4.78 is 17.1. The number of halogens is 1. The molecule has 0 saturated heterocycles. The van der Waals surface area contributed by atoms with Crippen molar-refractivity contribution >= 4 is 50.7 Å². The second kappa shape index (κ2) is 8.34. The molecule has 7 nitrogen and oxygen atoms in total. The number of nitrogens with one attached hydrogen (secondary N) is 1. The van der Waals surface area contributed by atoms with Gasteiger partial charge in [-0.3, -0.25) is 18.6 Å². The van der Waals surface area contributed by atoms with Crippen molar-refractivity contribution < 1.29 is 9.18 Å². The van der Waals surface area contributed by atoms with Crippen molar-refractivity contribution in [2.45, 2.75) is 31.5 Å². The van der Waals surface area contributed by atoms with Crippen LogP contribution in [-0.4, -0.2) is 30.8 Å². The number of carbonyl (C=O) groups is 1. The Balaban J connectivity index is 1.61. The maximum atomic E-state index is 13.0. The predicted octanol–water partition coefficient (Wildman–Crippen LogP) is 3.78. The van der Waals surface area contributed by atoms with Gasteiger partial charge in [0.05, 0.1) is 11.3 Å². The third kappa shape index (κ3) is 3.90. The van der Waals surface area contributed by atoms with Crippen LogP contribution < -0.4 is 10.9 Å². The Morgan fingerprint density at radius 1 is 1.24 bits per heavy atom. The Bertz CT molecular complexity index is 1230. The standard InChI is InChI=1S/C19H18FN5O2S2/c1-2-3-9-24-17(27)16-14(8-10-28-16)25-18(24)22-23-19(25)29-11-15(26)21-13-6-4-12(20)5-7-13/h4-8,10H,2-3,9,11H2,1H3,(H,21,26). The maximum absolute atomic E-state index is 13.0. The van der Waals surface area contributed by atoms with Gasteiger partial charge < -0.3 is 5.32 Å². The van der Waals surface area contributed by atoms with Gasteiger partial charge in [-0.15, -0.1) is 21.5 Å². The van der Waals surface area contributed by atoms with Gasteiger partial charge in [-0.25, -0.2) is 4.39 Å². The fourth-order valence-corrected chi connectivity index (χ4v) is 4.54. The number of unbranched alkanes of at least 4 members (excludes halogenated alkanes) is 1. The highest BCUT2D eigenvalue weighted by Crippen LogP contribution is 2.24. The van der Waals surface area contributed by atoms with Crippen molar-refractivity contribution in [1.29, 1.82) is 0 Å². The number of nitrogens with zero attached hydrogens (tertiary/aromatic N) is 4. The van der Waals surface area contributed by atoms with Crippen LogP contribution in [0.25, 0.3) is 16.0 Å². The zero-order valence-electron chi connectivity index (χ0n) is 15.6. The fraction of sp³-hybridized carbons (Fsp3) is 0.263. The molecule has 1 N–H and O–H groups in total. The van der Waals surface area contributed by atoms with Crippen LogP contribution in [0.3, 0.4) is 0 Å². The third-order valence-electron chi connectivity index (χ3n) is 4.38. The molecule has 29 heavy (non-hydrogen) atoms. The highest BCUT2D eigenvalue weighted by atomic mass is 32.2. The monoisotopic (exact) mass is 431 g/mol. The van der Waals surface area contributed by atoms with Gasteiger partial charge in [0.2, 0.25) is 11.7 Å². The summed E-state index contributed by atoms with van der Waals surface area (Å²) in [5.41, 5.74) is 1.21. The predicted molar refractivity (Wildman–Crippen MR) is 113 cm³/mol. The largest absolute Gasteiger partial charge is 0.325 e. The summed E-state index contributed by atoms with van der Waals surface area (Å²) in [7, 11) is 0. The first-order chi connectivity index (χ1) is 14.1. The maximum Gasteiger partial charge on any atom is 0.272 e. The Labute approximate surface area is 173 Å². The summed E-state index contributed by atoms with van der Waals surface area (Å²) in [6, 6.07) is 7.46. The van der Waals surface area contributed by atoms with E-state index in [4.69, 9.17) is 0 Å². The van der Waals surface area contributed by atoms with E-state index in [1.165, 1.54) is 47.4 Å². The first kappa shape index (κ1) is 19.6. The SMILES string of the molecule is CCCCn1c(=O)c2sccc2n2c(SCC(=O)Nc3ccc(F)cc3)nnc12. The molecule has 0 atom stereocenters. The van der Waals surface area contributed by atoms with Crippen molar-refractivity contribution in [3.05, 3.63) is 51.9 Å². The van der Waals surface area contributed by atoms with Crippen molar-refractivity contribution in [3.8, 4) is 0 Å². The zero-order valence-corrected chi connectivity index (χ0v) is 17.2. The summed E-state index contributed by atoms with van der Waals surface area (Å²) in [5, 5.41) is 13.6. The highest BCUT2D eigenvalue weighted by Gasteiger charge is 2.18. The van der Waals surface area contributed by atoms with Gasteiger partial charge in [0, 0.05) is 12.2 Å². The minimum atomic E-state index is -0.360. The lowest BCUT2D eigenvalue weighted by Crippen LogP contribution is -2.22. The quantitative estimate of drug-likeness (QED) is 0.451. The highest BCUT2D eigenvalue weighted by molar-refractivity contribution is 7.99. The van der Waals surface area contributed by atoms with Crippen LogP contribution in [0, 0.1) is 5.82 Å². The first-order valence-electron chi connectivity index (χ1n) is 9.12. The second-order valence-corrected chi connectivity index (χ2v) is 8.27. The van der Waals surface area contributed by atoms with E-state index in [0.29, 0.717) is 27.9 Å². The average Bonchev–Trinajstić information content (AvgIpc) is 3.35. The molecule has 0 bridgehead atoms. The molecule has 0 unspecified atom stereocenters. The van der Waals surface area contributed by atoms with Crippen LogP contribution in [-0.2, 0) is 11.3 Å². The summed E-state index contributed by atoms with van der Waals surface area (Å²) in [4.78, 5) is 25.1. The Morgan fingerprint density at radius 3 is 2.79 bits per heavy atom. The molecule has 0 aliphatic carbocycles. The smallest absolute Gasteiger partial charge is 0.272 e. The normalized spacial score (nSPS) is 11.4. The Morgan fingerprint density at radius 2 is 2.03 bits per heavy atom. The minimum Gasteiger partial charge on any atom is -0.325 e. The molecule has 4 aromatic rings. The van der Waals surface area contributed by atoms with E-state index in [2.05, 4.69) is 22.4 Å². The minimum absolute atomic E-state index is 0.0612. The molecule has 0 aliphatic heterocycles. The summed E-state index contributed by atoms with van der Waals surface area (Å²) in [5.74, 6) is -0.00560. The number of fused-ring (bicyclic) bond motifs is 3. The Hall–Kier alpha value is -2.72.